The Morgan fingerprint density at radius 1 is 1.13 bits per heavy atom. The lowest BCUT2D eigenvalue weighted by atomic mass is 10.2. The van der Waals surface area contributed by atoms with Crippen LogP contribution in [-0.4, -0.2) is 38.8 Å². The number of anilines is 2. The van der Waals surface area contributed by atoms with Crippen molar-refractivity contribution in [3.63, 3.8) is 0 Å². The van der Waals surface area contributed by atoms with Gasteiger partial charge in [-0.15, -0.1) is 0 Å². The van der Waals surface area contributed by atoms with Crippen molar-refractivity contribution < 1.29 is 13.9 Å². The van der Waals surface area contributed by atoms with E-state index >= 15 is 0 Å². The van der Waals surface area contributed by atoms with E-state index in [1.165, 1.54) is 0 Å². The molecule has 6 nitrogen and oxygen atoms in total. The molecule has 0 radical (unpaired) electrons. The standard InChI is InChI=1S/C17H21N3O3/c21-17(19-12-14-4-3-9-23-14)13-18-15-5-1-2-6-16(15)20-7-10-22-11-8-20/h1-6,9,18H,7-8,10-13H2,(H,19,21). The van der Waals surface area contributed by atoms with Gasteiger partial charge in [-0.25, -0.2) is 0 Å². The van der Waals surface area contributed by atoms with Crippen molar-refractivity contribution in [3.8, 4) is 0 Å². The third kappa shape index (κ3) is 4.26. The molecule has 0 saturated carbocycles. The third-order valence-corrected chi connectivity index (χ3v) is 3.74. The Morgan fingerprint density at radius 3 is 2.74 bits per heavy atom. The highest BCUT2D eigenvalue weighted by atomic mass is 16.5. The lowest BCUT2D eigenvalue weighted by Crippen LogP contribution is -2.37. The van der Waals surface area contributed by atoms with E-state index in [-0.39, 0.29) is 12.5 Å². The van der Waals surface area contributed by atoms with Crippen LogP contribution in [-0.2, 0) is 16.1 Å². The second kappa shape index (κ2) is 7.69. The first-order valence-corrected chi connectivity index (χ1v) is 7.77. The fourth-order valence-corrected chi connectivity index (χ4v) is 2.54. The number of carbonyl (C=O) groups is 1. The number of furan rings is 1. The van der Waals surface area contributed by atoms with Crippen molar-refractivity contribution in [1.82, 2.24) is 5.32 Å². The first-order valence-electron chi connectivity index (χ1n) is 7.77. The predicted octanol–water partition coefficient (Wildman–Crippen LogP) is 1.84. The van der Waals surface area contributed by atoms with Gasteiger partial charge in [0.15, 0.2) is 0 Å². The van der Waals surface area contributed by atoms with Crippen molar-refractivity contribution in [2.45, 2.75) is 6.54 Å². The second-order valence-corrected chi connectivity index (χ2v) is 5.33. The Labute approximate surface area is 135 Å². The van der Waals surface area contributed by atoms with E-state index in [4.69, 9.17) is 9.15 Å². The fraction of sp³-hybridized carbons (Fsp3) is 0.353. The average molecular weight is 315 g/mol. The molecular weight excluding hydrogens is 294 g/mol. The molecule has 0 spiro atoms. The number of carbonyl (C=O) groups excluding carboxylic acids is 1. The van der Waals surface area contributed by atoms with Crippen LogP contribution < -0.4 is 15.5 Å². The smallest absolute Gasteiger partial charge is 0.239 e. The quantitative estimate of drug-likeness (QED) is 0.851. The van der Waals surface area contributed by atoms with Gasteiger partial charge in [-0.2, -0.15) is 0 Å². The first-order chi connectivity index (χ1) is 11.3. The molecular formula is C17H21N3O3. The molecule has 0 unspecified atom stereocenters. The van der Waals surface area contributed by atoms with Gasteiger partial charge < -0.3 is 24.7 Å². The van der Waals surface area contributed by atoms with Gasteiger partial charge in [-0.05, 0) is 24.3 Å². The average Bonchev–Trinajstić information content (AvgIpc) is 3.13. The zero-order valence-electron chi connectivity index (χ0n) is 13.0. The Bertz CT molecular complexity index is 622. The molecule has 1 aliphatic rings. The van der Waals surface area contributed by atoms with E-state index in [0.717, 1.165) is 43.4 Å². The second-order valence-electron chi connectivity index (χ2n) is 5.33. The van der Waals surface area contributed by atoms with Crippen molar-refractivity contribution in [2.24, 2.45) is 0 Å². The lowest BCUT2D eigenvalue weighted by Gasteiger charge is -2.30. The SMILES string of the molecule is O=C(CNc1ccccc1N1CCOCC1)NCc1ccco1. The number of morpholine rings is 1. The summed E-state index contributed by atoms with van der Waals surface area (Å²) in [7, 11) is 0. The van der Waals surface area contributed by atoms with E-state index < -0.39 is 0 Å². The van der Waals surface area contributed by atoms with Crippen LogP contribution in [0.3, 0.4) is 0 Å². The molecule has 2 aromatic rings. The lowest BCUT2D eigenvalue weighted by molar-refractivity contribution is -0.119. The zero-order chi connectivity index (χ0) is 15.9. The number of ether oxygens (including phenoxy) is 1. The van der Waals surface area contributed by atoms with Crippen LogP contribution in [0.4, 0.5) is 11.4 Å². The summed E-state index contributed by atoms with van der Waals surface area (Å²) < 4.78 is 10.6. The maximum Gasteiger partial charge on any atom is 0.239 e. The van der Waals surface area contributed by atoms with Gasteiger partial charge in [-0.1, -0.05) is 12.1 Å². The van der Waals surface area contributed by atoms with Gasteiger partial charge in [0, 0.05) is 13.1 Å². The van der Waals surface area contributed by atoms with Crippen LogP contribution in [0.2, 0.25) is 0 Å². The number of amides is 1. The predicted molar refractivity (Wildman–Crippen MR) is 88.5 cm³/mol. The Morgan fingerprint density at radius 2 is 1.96 bits per heavy atom. The number of para-hydroxylation sites is 2. The first kappa shape index (κ1) is 15.4. The minimum Gasteiger partial charge on any atom is -0.467 e. The van der Waals surface area contributed by atoms with Crippen LogP contribution in [0.25, 0.3) is 0 Å². The summed E-state index contributed by atoms with van der Waals surface area (Å²) in [6, 6.07) is 11.7. The van der Waals surface area contributed by atoms with Gasteiger partial charge in [0.2, 0.25) is 5.91 Å². The summed E-state index contributed by atoms with van der Waals surface area (Å²) in [6.45, 7) is 3.82. The third-order valence-electron chi connectivity index (χ3n) is 3.74. The molecule has 2 N–H and O–H groups in total. The van der Waals surface area contributed by atoms with E-state index in [9.17, 15) is 4.79 Å². The fourth-order valence-electron chi connectivity index (χ4n) is 2.54. The Kier molecular flexibility index (Phi) is 5.16. The number of rotatable bonds is 6. The highest BCUT2D eigenvalue weighted by Gasteiger charge is 2.14. The molecule has 1 saturated heterocycles. The molecule has 0 aliphatic carbocycles. The van der Waals surface area contributed by atoms with E-state index in [1.807, 2.05) is 24.3 Å². The van der Waals surface area contributed by atoms with Gasteiger partial charge in [0.1, 0.15) is 5.76 Å². The van der Waals surface area contributed by atoms with Crippen molar-refractivity contribution >= 4 is 17.3 Å². The topological polar surface area (TPSA) is 66.7 Å². The zero-order valence-corrected chi connectivity index (χ0v) is 13.0. The Hall–Kier alpha value is -2.47. The minimum absolute atomic E-state index is 0.0711. The van der Waals surface area contributed by atoms with Gasteiger partial charge in [0.25, 0.3) is 0 Å². The van der Waals surface area contributed by atoms with E-state index in [0.29, 0.717) is 6.54 Å². The minimum atomic E-state index is -0.0711. The molecule has 2 heterocycles. The molecule has 23 heavy (non-hydrogen) atoms. The highest BCUT2D eigenvalue weighted by Crippen LogP contribution is 2.25. The van der Waals surface area contributed by atoms with E-state index in [2.05, 4.69) is 21.6 Å². The largest absolute Gasteiger partial charge is 0.467 e. The number of benzene rings is 1. The Balaban J connectivity index is 1.54. The number of nitrogens with zero attached hydrogens (tertiary/aromatic N) is 1. The van der Waals surface area contributed by atoms with Crippen LogP contribution in [0, 0.1) is 0 Å². The van der Waals surface area contributed by atoms with Crippen LogP contribution in [0.5, 0.6) is 0 Å². The van der Waals surface area contributed by atoms with Crippen molar-refractivity contribution in [2.75, 3.05) is 43.1 Å². The van der Waals surface area contributed by atoms with Crippen LogP contribution in [0.15, 0.2) is 47.1 Å². The molecule has 1 fully saturated rings. The summed E-state index contributed by atoms with van der Waals surface area (Å²) in [5.41, 5.74) is 2.07. The number of hydrogen-bond acceptors (Lipinski definition) is 5. The summed E-state index contributed by atoms with van der Waals surface area (Å²) >= 11 is 0. The molecule has 0 bridgehead atoms. The summed E-state index contributed by atoms with van der Waals surface area (Å²) in [4.78, 5) is 14.2. The van der Waals surface area contributed by atoms with Crippen molar-refractivity contribution in [3.05, 3.63) is 48.4 Å². The maximum absolute atomic E-state index is 12.0. The maximum atomic E-state index is 12.0. The number of nitrogens with one attached hydrogen (secondary N) is 2. The van der Waals surface area contributed by atoms with Gasteiger partial charge in [0.05, 0.1) is 43.9 Å². The van der Waals surface area contributed by atoms with Crippen molar-refractivity contribution in [1.29, 1.82) is 0 Å². The van der Waals surface area contributed by atoms with Gasteiger partial charge >= 0.3 is 0 Å². The summed E-state index contributed by atoms with van der Waals surface area (Å²) in [5.74, 6) is 0.672. The van der Waals surface area contributed by atoms with Gasteiger partial charge in [-0.3, -0.25) is 4.79 Å². The molecule has 122 valence electrons. The molecule has 6 heteroatoms. The summed E-state index contributed by atoms with van der Waals surface area (Å²) in [6.07, 6.45) is 1.60. The molecule has 1 aliphatic heterocycles. The molecule has 3 rings (SSSR count). The molecule has 1 aromatic heterocycles. The number of hydrogen-bond donors (Lipinski definition) is 2. The van der Waals surface area contributed by atoms with E-state index in [1.54, 1.807) is 12.3 Å². The molecule has 0 atom stereocenters. The molecule has 1 amide bonds. The normalized spacial score (nSPS) is 14.5. The van der Waals surface area contributed by atoms with Crippen LogP contribution in [0.1, 0.15) is 5.76 Å². The monoisotopic (exact) mass is 315 g/mol. The molecule has 1 aromatic carbocycles. The highest BCUT2D eigenvalue weighted by molar-refractivity contribution is 5.82. The summed E-state index contributed by atoms with van der Waals surface area (Å²) in [5, 5.41) is 6.04. The van der Waals surface area contributed by atoms with Crippen LogP contribution >= 0.6 is 0 Å².